The van der Waals surface area contributed by atoms with Crippen LogP contribution in [0.4, 0.5) is 0 Å². The van der Waals surface area contributed by atoms with Gasteiger partial charge >= 0.3 is 0 Å². The third-order valence-corrected chi connectivity index (χ3v) is 6.26. The minimum absolute atomic E-state index is 0.185. The Morgan fingerprint density at radius 1 is 0.806 bits per heavy atom. The fourth-order valence-electron chi connectivity index (χ4n) is 4.55. The quantitative estimate of drug-likeness (QED) is 0.324. The van der Waals surface area contributed by atoms with E-state index in [0.717, 1.165) is 28.0 Å². The van der Waals surface area contributed by atoms with Crippen molar-refractivity contribution in [1.82, 2.24) is 19.5 Å². The topological polar surface area (TPSA) is 71.3 Å². The molecular formula is C29H36N4O3. The van der Waals surface area contributed by atoms with Crippen molar-refractivity contribution in [3.63, 3.8) is 0 Å². The van der Waals surface area contributed by atoms with Crippen molar-refractivity contribution in [1.29, 1.82) is 0 Å². The monoisotopic (exact) mass is 488 g/mol. The number of fused-ring (bicyclic) bond motifs is 1. The Labute approximate surface area is 213 Å². The molecule has 2 heterocycles. The lowest BCUT2D eigenvalue weighted by Gasteiger charge is -2.31. The lowest BCUT2D eigenvalue weighted by atomic mass is 9.77. The normalized spacial score (nSPS) is 12.1. The Morgan fingerprint density at radius 2 is 1.47 bits per heavy atom. The van der Waals surface area contributed by atoms with Crippen LogP contribution in [0.5, 0.6) is 17.4 Å². The maximum Gasteiger partial charge on any atom is 0.245 e. The van der Waals surface area contributed by atoms with Crippen LogP contribution in [-0.4, -0.2) is 40.8 Å². The lowest BCUT2D eigenvalue weighted by Crippen LogP contribution is -2.21. The Bertz CT molecular complexity index is 1380. The molecule has 2 aromatic heterocycles. The predicted molar refractivity (Wildman–Crippen MR) is 143 cm³/mol. The summed E-state index contributed by atoms with van der Waals surface area (Å²) in [6, 6.07) is 12.3. The summed E-state index contributed by atoms with van der Waals surface area (Å²) < 4.78 is 19.7. The number of rotatable bonds is 6. The fraction of sp³-hybridized carbons (Fsp3) is 0.414. The minimum Gasteiger partial charge on any atom is -0.496 e. The van der Waals surface area contributed by atoms with Gasteiger partial charge in [0, 0.05) is 11.1 Å². The average molecular weight is 489 g/mol. The molecule has 0 atom stereocenters. The van der Waals surface area contributed by atoms with Gasteiger partial charge in [-0.3, -0.25) is 0 Å². The van der Waals surface area contributed by atoms with Gasteiger partial charge in [0.25, 0.3) is 0 Å². The van der Waals surface area contributed by atoms with Crippen molar-refractivity contribution in [3.8, 4) is 28.8 Å². The second kappa shape index (κ2) is 9.45. The first-order valence-electron chi connectivity index (χ1n) is 12.1. The van der Waals surface area contributed by atoms with E-state index < -0.39 is 0 Å². The number of methoxy groups -OCH3 is 3. The van der Waals surface area contributed by atoms with Crippen LogP contribution in [0.2, 0.25) is 0 Å². The largest absolute Gasteiger partial charge is 0.496 e. The molecule has 0 unspecified atom stereocenters. The molecule has 0 N–H and O–H groups in total. The molecular weight excluding hydrogens is 452 g/mol. The molecule has 0 radical (unpaired) electrons. The van der Waals surface area contributed by atoms with Crippen molar-refractivity contribution in [3.05, 3.63) is 59.4 Å². The van der Waals surface area contributed by atoms with E-state index in [1.807, 2.05) is 22.8 Å². The van der Waals surface area contributed by atoms with Gasteiger partial charge in [-0.2, -0.15) is 4.98 Å². The van der Waals surface area contributed by atoms with Gasteiger partial charge in [-0.05, 0) is 22.5 Å². The molecule has 190 valence electrons. The summed E-state index contributed by atoms with van der Waals surface area (Å²) in [7, 11) is 5.00. The minimum atomic E-state index is -0.254. The third kappa shape index (κ3) is 4.62. The average Bonchev–Trinajstić information content (AvgIpc) is 3.24. The van der Waals surface area contributed by atoms with E-state index >= 15 is 0 Å². The van der Waals surface area contributed by atoms with Crippen molar-refractivity contribution in [2.75, 3.05) is 21.3 Å². The molecule has 36 heavy (non-hydrogen) atoms. The summed E-state index contributed by atoms with van der Waals surface area (Å²) in [4.78, 5) is 14.4. The van der Waals surface area contributed by atoms with Crippen molar-refractivity contribution >= 4 is 11.2 Å². The first-order valence-corrected chi connectivity index (χ1v) is 12.1. The van der Waals surface area contributed by atoms with E-state index in [1.165, 1.54) is 0 Å². The van der Waals surface area contributed by atoms with Crippen LogP contribution in [0.15, 0.2) is 42.7 Å². The van der Waals surface area contributed by atoms with Crippen molar-refractivity contribution in [2.45, 2.75) is 58.9 Å². The molecule has 0 saturated carbocycles. The second-order valence-electron chi connectivity index (χ2n) is 11.0. The zero-order valence-corrected chi connectivity index (χ0v) is 22.8. The van der Waals surface area contributed by atoms with Gasteiger partial charge in [0.2, 0.25) is 5.88 Å². The smallest absolute Gasteiger partial charge is 0.245 e. The summed E-state index contributed by atoms with van der Waals surface area (Å²) in [5, 5.41) is 0. The van der Waals surface area contributed by atoms with E-state index in [9.17, 15) is 0 Å². The number of imidazole rings is 1. The van der Waals surface area contributed by atoms with Crippen LogP contribution in [0.3, 0.4) is 0 Å². The summed E-state index contributed by atoms with van der Waals surface area (Å²) in [5.41, 5.74) is 4.88. The molecule has 4 rings (SSSR count). The highest BCUT2D eigenvalue weighted by Crippen LogP contribution is 2.49. The number of benzene rings is 2. The molecule has 4 aromatic rings. The first kappa shape index (κ1) is 25.5. The summed E-state index contributed by atoms with van der Waals surface area (Å²) in [6.07, 6.45) is 1.78. The van der Waals surface area contributed by atoms with Crippen LogP contribution in [0.1, 0.15) is 58.2 Å². The predicted octanol–water partition coefficient (Wildman–Crippen LogP) is 6.16. The molecule has 2 aromatic carbocycles. The van der Waals surface area contributed by atoms with E-state index in [2.05, 4.69) is 64.7 Å². The van der Waals surface area contributed by atoms with Gasteiger partial charge in [-0.25, -0.2) is 9.97 Å². The molecule has 0 saturated heterocycles. The molecule has 7 heteroatoms. The lowest BCUT2D eigenvalue weighted by molar-refractivity contribution is 0.358. The van der Waals surface area contributed by atoms with Crippen molar-refractivity contribution < 1.29 is 14.2 Å². The number of nitrogens with zero attached hydrogens (tertiary/aromatic N) is 4. The Kier molecular flexibility index (Phi) is 6.69. The molecule has 0 amide bonds. The van der Waals surface area contributed by atoms with Crippen LogP contribution < -0.4 is 14.2 Å². The van der Waals surface area contributed by atoms with Crippen molar-refractivity contribution in [2.24, 2.45) is 0 Å². The van der Waals surface area contributed by atoms with Gasteiger partial charge in [-0.15, -0.1) is 0 Å². The van der Waals surface area contributed by atoms with E-state index in [-0.39, 0.29) is 10.8 Å². The van der Waals surface area contributed by atoms with E-state index in [1.54, 1.807) is 27.7 Å². The summed E-state index contributed by atoms with van der Waals surface area (Å²) in [5.74, 6) is 2.47. The molecule has 0 fully saturated rings. The highest BCUT2D eigenvalue weighted by molar-refractivity contribution is 5.81. The third-order valence-electron chi connectivity index (χ3n) is 6.26. The highest BCUT2D eigenvalue weighted by atomic mass is 16.5. The van der Waals surface area contributed by atoms with Crippen LogP contribution in [-0.2, 0) is 17.4 Å². The zero-order valence-electron chi connectivity index (χ0n) is 22.8. The van der Waals surface area contributed by atoms with Gasteiger partial charge in [0.1, 0.15) is 11.5 Å². The molecule has 7 nitrogen and oxygen atoms in total. The van der Waals surface area contributed by atoms with Gasteiger partial charge in [0.05, 0.1) is 39.8 Å². The van der Waals surface area contributed by atoms with Crippen LogP contribution >= 0.6 is 0 Å². The SMILES string of the molecule is COc1c(-c2nc(OC)c3ncn(Cc4ccccc4)c3n2)cc(C(C)(C)C)c(OC)c1C(C)(C)C. The summed E-state index contributed by atoms with van der Waals surface area (Å²) >= 11 is 0. The van der Waals surface area contributed by atoms with E-state index in [4.69, 9.17) is 24.2 Å². The maximum atomic E-state index is 6.04. The highest BCUT2D eigenvalue weighted by Gasteiger charge is 2.33. The molecule has 0 aliphatic rings. The molecule has 0 spiro atoms. The number of aromatic nitrogens is 4. The Hall–Kier alpha value is -3.61. The summed E-state index contributed by atoms with van der Waals surface area (Å²) in [6.45, 7) is 13.6. The standard InChI is InChI=1S/C29H36N4O3/c1-28(2,3)20-15-19(23(34-7)21(24(20)35-8)29(4,5)6)25-31-26-22(27(32-25)36-9)30-17-33(26)16-18-13-11-10-12-14-18/h10-15,17H,16H2,1-9H3. The van der Waals surface area contributed by atoms with E-state index in [0.29, 0.717) is 35.2 Å². The molecule has 0 aliphatic carbocycles. The second-order valence-corrected chi connectivity index (χ2v) is 11.0. The zero-order chi connectivity index (χ0) is 26.3. The van der Waals surface area contributed by atoms with Gasteiger partial charge in [-0.1, -0.05) is 71.9 Å². The maximum absolute atomic E-state index is 6.04. The Balaban J connectivity index is 2.03. The van der Waals surface area contributed by atoms with Crippen LogP contribution in [0, 0.1) is 0 Å². The van der Waals surface area contributed by atoms with Gasteiger partial charge in [0.15, 0.2) is 17.0 Å². The van der Waals surface area contributed by atoms with Crippen LogP contribution in [0.25, 0.3) is 22.6 Å². The fourth-order valence-corrected chi connectivity index (χ4v) is 4.55. The Morgan fingerprint density at radius 3 is 2.03 bits per heavy atom. The number of ether oxygens (including phenoxy) is 3. The van der Waals surface area contributed by atoms with Gasteiger partial charge < -0.3 is 18.8 Å². The number of hydrogen-bond acceptors (Lipinski definition) is 6. The molecule has 0 bridgehead atoms. The number of hydrogen-bond donors (Lipinski definition) is 0. The molecule has 0 aliphatic heterocycles. The first-order chi connectivity index (χ1) is 17.0.